The zero-order valence-electron chi connectivity index (χ0n) is 10.8. The van der Waals surface area contributed by atoms with Crippen LogP contribution in [0.5, 0.6) is 5.75 Å². The van der Waals surface area contributed by atoms with Crippen LogP contribution in [0.2, 0.25) is 0 Å². The van der Waals surface area contributed by atoms with Gasteiger partial charge in [0.25, 0.3) is 0 Å². The van der Waals surface area contributed by atoms with Gasteiger partial charge in [-0.2, -0.15) is 0 Å². The number of nitrogens with two attached hydrogens (primary N) is 1. The Kier molecular flexibility index (Phi) is 4.34. The van der Waals surface area contributed by atoms with E-state index in [4.69, 9.17) is 9.88 Å². The maximum atomic E-state index is 13.9. The van der Waals surface area contributed by atoms with Crippen molar-refractivity contribution >= 4 is 16.9 Å². The van der Waals surface area contributed by atoms with Gasteiger partial charge in [-0.15, -0.1) is 0 Å². The van der Waals surface area contributed by atoms with Crippen LogP contribution in [0.3, 0.4) is 0 Å². The van der Waals surface area contributed by atoms with Crippen molar-refractivity contribution < 1.29 is 22.5 Å². The average molecular weight is 304 g/mol. The highest BCUT2D eigenvalue weighted by Crippen LogP contribution is 2.33. The first-order valence-corrected chi connectivity index (χ1v) is 7.24. The summed E-state index contributed by atoms with van der Waals surface area (Å²) in [6.07, 6.45) is -0.0304. The van der Waals surface area contributed by atoms with Crippen molar-refractivity contribution in [2.75, 3.05) is 19.5 Å². The molecule has 2 atom stereocenters. The summed E-state index contributed by atoms with van der Waals surface area (Å²) in [5.41, 5.74) is -0.149. The van der Waals surface area contributed by atoms with Crippen molar-refractivity contribution in [3.8, 4) is 5.75 Å². The van der Waals surface area contributed by atoms with Gasteiger partial charge < -0.3 is 9.64 Å². The lowest BCUT2D eigenvalue weighted by molar-refractivity contribution is -0.126. The highest BCUT2D eigenvalue weighted by atomic mass is 32.2. The molecule has 0 saturated carbocycles. The Labute approximate surface area is 117 Å². The number of methoxy groups -OCH3 is 1. The molecule has 20 heavy (non-hydrogen) atoms. The van der Waals surface area contributed by atoms with E-state index in [1.54, 1.807) is 0 Å². The van der Waals surface area contributed by atoms with E-state index in [9.17, 15) is 17.8 Å². The number of carbonyl (C=O) groups excluding carboxylic acids is 1. The molecule has 110 valence electrons. The molecule has 1 amide bonds. The monoisotopic (exact) mass is 304 g/mol. The Bertz CT molecular complexity index is 545. The van der Waals surface area contributed by atoms with E-state index >= 15 is 0 Å². The van der Waals surface area contributed by atoms with Gasteiger partial charge in [0.05, 0.1) is 7.11 Å². The van der Waals surface area contributed by atoms with Gasteiger partial charge in [0.1, 0.15) is 34.2 Å². The molecule has 0 bridgehead atoms. The highest BCUT2D eigenvalue weighted by molar-refractivity contribution is 7.82. The predicted octanol–water partition coefficient (Wildman–Crippen LogP) is 0.869. The molecule has 0 aliphatic carbocycles. The molecular formula is C12H14F2N2O3S. The Morgan fingerprint density at radius 3 is 2.55 bits per heavy atom. The third kappa shape index (κ3) is 2.96. The lowest BCUT2D eigenvalue weighted by Gasteiger charge is -2.16. The molecule has 1 aromatic rings. The summed E-state index contributed by atoms with van der Waals surface area (Å²) in [4.78, 5) is 13.0. The molecule has 1 aliphatic heterocycles. The van der Waals surface area contributed by atoms with Crippen LogP contribution in [-0.4, -0.2) is 34.5 Å². The quantitative estimate of drug-likeness (QED) is 0.897. The largest absolute Gasteiger partial charge is 0.497 e. The van der Waals surface area contributed by atoms with Gasteiger partial charge in [-0.05, 0) is 0 Å². The van der Waals surface area contributed by atoms with E-state index in [0.29, 0.717) is 0 Å². The molecule has 1 aromatic carbocycles. The Balaban J connectivity index is 2.25. The normalized spacial score (nSPS) is 20.3. The maximum absolute atomic E-state index is 13.9. The predicted molar refractivity (Wildman–Crippen MR) is 69.2 cm³/mol. The van der Waals surface area contributed by atoms with Crippen LogP contribution in [0.1, 0.15) is 17.9 Å². The molecular weight excluding hydrogens is 290 g/mol. The van der Waals surface area contributed by atoms with Crippen molar-refractivity contribution in [2.24, 2.45) is 5.14 Å². The number of halogens is 2. The minimum absolute atomic E-state index is 0.0304. The number of nitrogens with zero attached hydrogens (tertiary/aromatic N) is 1. The van der Waals surface area contributed by atoms with Gasteiger partial charge in [-0.1, -0.05) is 0 Å². The van der Waals surface area contributed by atoms with E-state index in [2.05, 4.69) is 0 Å². The summed E-state index contributed by atoms with van der Waals surface area (Å²) in [6, 6.07) is 2.15. The second kappa shape index (κ2) is 5.84. The van der Waals surface area contributed by atoms with Crippen molar-refractivity contribution in [2.45, 2.75) is 12.3 Å². The fraction of sp³-hybridized carbons (Fsp3) is 0.417. The molecule has 2 rings (SSSR count). The van der Waals surface area contributed by atoms with Crippen LogP contribution in [0.4, 0.5) is 8.78 Å². The Morgan fingerprint density at radius 1 is 1.45 bits per heavy atom. The number of hydrogen-bond donors (Lipinski definition) is 1. The summed E-state index contributed by atoms with van der Waals surface area (Å²) < 4.78 is 43.6. The second-order valence-corrected chi connectivity index (χ2v) is 5.55. The van der Waals surface area contributed by atoms with Crippen molar-refractivity contribution in [3.63, 3.8) is 0 Å². The summed E-state index contributed by atoms with van der Waals surface area (Å²) in [7, 11) is -0.355. The zero-order valence-corrected chi connectivity index (χ0v) is 11.6. The van der Waals surface area contributed by atoms with Crippen LogP contribution < -0.4 is 9.88 Å². The van der Waals surface area contributed by atoms with Crippen molar-refractivity contribution in [1.29, 1.82) is 0 Å². The smallest absolute Gasteiger partial charge is 0.224 e. The number of benzene rings is 1. The number of amides is 1. The van der Waals surface area contributed by atoms with Gasteiger partial charge in [0.2, 0.25) is 5.91 Å². The van der Waals surface area contributed by atoms with Gasteiger partial charge in [0, 0.05) is 36.6 Å². The first-order chi connectivity index (χ1) is 9.42. The summed E-state index contributed by atoms with van der Waals surface area (Å²) >= 11 is 0. The van der Waals surface area contributed by atoms with Gasteiger partial charge in [0.15, 0.2) is 0 Å². The summed E-state index contributed by atoms with van der Waals surface area (Å²) in [5, 5.41) is 5.13. The molecule has 2 unspecified atom stereocenters. The molecule has 1 fully saturated rings. The molecule has 1 heterocycles. The molecule has 0 radical (unpaired) electrons. The number of ether oxygens (including phenoxy) is 1. The average Bonchev–Trinajstić information content (AvgIpc) is 2.68. The minimum atomic E-state index is -1.67. The molecule has 8 heteroatoms. The van der Waals surface area contributed by atoms with E-state index in [-0.39, 0.29) is 36.1 Å². The molecule has 1 aliphatic rings. The molecule has 2 N–H and O–H groups in total. The third-order valence-corrected chi connectivity index (χ3v) is 3.76. The topological polar surface area (TPSA) is 72.6 Å². The second-order valence-electron chi connectivity index (χ2n) is 4.53. The molecule has 0 aromatic heterocycles. The summed E-state index contributed by atoms with van der Waals surface area (Å²) in [6.45, 7) is 0.0991. The van der Waals surface area contributed by atoms with Crippen LogP contribution in [-0.2, 0) is 15.8 Å². The molecule has 1 saturated heterocycles. The molecule has 5 nitrogen and oxygen atoms in total. The first-order valence-electron chi connectivity index (χ1n) is 5.85. The van der Waals surface area contributed by atoms with Crippen molar-refractivity contribution in [3.05, 3.63) is 29.3 Å². The highest BCUT2D eigenvalue weighted by Gasteiger charge is 2.34. The van der Waals surface area contributed by atoms with E-state index in [1.165, 1.54) is 12.0 Å². The van der Waals surface area contributed by atoms with Gasteiger partial charge >= 0.3 is 0 Å². The Hall–Kier alpha value is -1.54. The lowest BCUT2D eigenvalue weighted by Crippen LogP contribution is -2.31. The standard InChI is InChI=1S/C12H14F2N2O3S/c1-19-8-3-9(13)12(10(14)4-8)7-2-11(17)16(5-7)6-20(15)18/h3-4,7H,2,5-6,15H2,1H3. The maximum Gasteiger partial charge on any atom is 0.224 e. The van der Waals surface area contributed by atoms with E-state index in [1.807, 2.05) is 0 Å². The van der Waals surface area contributed by atoms with Crippen LogP contribution in [0, 0.1) is 11.6 Å². The van der Waals surface area contributed by atoms with Crippen LogP contribution in [0.25, 0.3) is 0 Å². The number of rotatable bonds is 4. The van der Waals surface area contributed by atoms with Crippen LogP contribution in [0.15, 0.2) is 12.1 Å². The lowest BCUT2D eigenvalue weighted by atomic mass is 9.97. The third-order valence-electron chi connectivity index (χ3n) is 3.19. The zero-order chi connectivity index (χ0) is 14.9. The SMILES string of the molecule is COc1cc(F)c(C2CC(=O)N(CS(N)=O)C2)c(F)c1. The van der Waals surface area contributed by atoms with Gasteiger partial charge in [-0.25, -0.2) is 13.0 Å². The number of hydrogen-bond acceptors (Lipinski definition) is 3. The fourth-order valence-electron chi connectivity index (χ4n) is 2.31. The van der Waals surface area contributed by atoms with E-state index < -0.39 is 28.5 Å². The van der Waals surface area contributed by atoms with Crippen molar-refractivity contribution in [1.82, 2.24) is 4.90 Å². The summed E-state index contributed by atoms with van der Waals surface area (Å²) in [5.74, 6) is -2.49. The Morgan fingerprint density at radius 2 is 2.05 bits per heavy atom. The minimum Gasteiger partial charge on any atom is -0.497 e. The number of carbonyl (C=O) groups is 1. The van der Waals surface area contributed by atoms with Crippen LogP contribution >= 0.6 is 0 Å². The fourth-order valence-corrected chi connectivity index (χ4v) is 2.87. The van der Waals surface area contributed by atoms with E-state index in [0.717, 1.165) is 12.1 Å². The first kappa shape index (κ1) is 14.9. The van der Waals surface area contributed by atoms with Gasteiger partial charge in [-0.3, -0.25) is 9.93 Å². The molecule has 0 spiro atoms. The number of likely N-dealkylation sites (tertiary alicyclic amines) is 1.